The Morgan fingerprint density at radius 2 is 1.87 bits per heavy atom. The molecule has 38 heavy (non-hydrogen) atoms. The molecule has 0 amide bonds. The second-order valence-corrected chi connectivity index (χ2v) is 12.0. The number of aromatic amines is 1. The highest BCUT2D eigenvalue weighted by atomic mass is 32.2. The van der Waals surface area contributed by atoms with E-state index in [0.29, 0.717) is 24.5 Å². The van der Waals surface area contributed by atoms with Crippen molar-refractivity contribution in [2.75, 3.05) is 7.05 Å². The minimum absolute atomic E-state index is 0.0634. The lowest BCUT2D eigenvalue weighted by atomic mass is 10.1. The lowest BCUT2D eigenvalue weighted by molar-refractivity contribution is 0.498. The molecule has 0 aliphatic rings. The molecule has 12 heteroatoms. The van der Waals surface area contributed by atoms with Gasteiger partial charge in [0, 0.05) is 43.9 Å². The molecule has 4 aromatic heterocycles. The summed E-state index contributed by atoms with van der Waals surface area (Å²) in [6, 6.07) is 7.64. The third-order valence-corrected chi connectivity index (χ3v) is 8.20. The predicted octanol–water partition coefficient (Wildman–Crippen LogP) is 2.30. The number of fused-ring (bicyclic) bond motifs is 2. The van der Waals surface area contributed by atoms with Crippen molar-refractivity contribution in [2.45, 2.75) is 38.8 Å². The molecule has 2 N–H and O–H groups in total. The first-order valence-corrected chi connectivity index (χ1v) is 13.8. The van der Waals surface area contributed by atoms with Crippen LogP contribution in [0.4, 0.5) is 0 Å². The van der Waals surface area contributed by atoms with Crippen molar-refractivity contribution in [3.63, 3.8) is 0 Å². The van der Waals surface area contributed by atoms with E-state index in [1.807, 2.05) is 39.1 Å². The van der Waals surface area contributed by atoms with Crippen LogP contribution in [-0.4, -0.2) is 43.9 Å². The quantitative estimate of drug-likeness (QED) is 0.329. The fourth-order valence-electron chi connectivity index (χ4n) is 4.88. The van der Waals surface area contributed by atoms with E-state index in [0.717, 1.165) is 26.6 Å². The van der Waals surface area contributed by atoms with Crippen LogP contribution in [0.25, 0.3) is 33.3 Å². The van der Waals surface area contributed by atoms with E-state index in [1.54, 1.807) is 16.3 Å². The van der Waals surface area contributed by atoms with Crippen LogP contribution in [0.1, 0.15) is 25.0 Å². The van der Waals surface area contributed by atoms with Gasteiger partial charge in [-0.2, -0.15) is 5.10 Å². The maximum atomic E-state index is 13.6. The van der Waals surface area contributed by atoms with Crippen molar-refractivity contribution in [1.29, 1.82) is 0 Å². The number of sulfonamides is 1. The van der Waals surface area contributed by atoms with E-state index in [4.69, 9.17) is 5.10 Å². The van der Waals surface area contributed by atoms with Gasteiger partial charge < -0.3 is 9.55 Å². The molecular formula is C26H31N7O4S. The molecule has 0 unspecified atom stereocenters. The molecule has 0 atom stereocenters. The van der Waals surface area contributed by atoms with E-state index in [9.17, 15) is 18.0 Å². The van der Waals surface area contributed by atoms with Crippen LogP contribution in [-0.2, 0) is 37.2 Å². The normalized spacial score (nSPS) is 12.4. The first-order valence-electron chi connectivity index (χ1n) is 12.3. The Morgan fingerprint density at radius 3 is 2.55 bits per heavy atom. The number of aromatic nitrogens is 6. The summed E-state index contributed by atoms with van der Waals surface area (Å²) in [5.74, 6) is 0.126. The van der Waals surface area contributed by atoms with Gasteiger partial charge in [-0.05, 0) is 43.7 Å². The molecule has 5 rings (SSSR count). The minimum Gasteiger partial charge on any atom is -0.361 e. The highest BCUT2D eigenvalue weighted by Gasteiger charge is 2.26. The van der Waals surface area contributed by atoms with E-state index in [-0.39, 0.29) is 21.8 Å². The molecule has 200 valence electrons. The smallest absolute Gasteiger partial charge is 0.332 e. The van der Waals surface area contributed by atoms with Crippen molar-refractivity contribution >= 4 is 32.0 Å². The molecular weight excluding hydrogens is 506 g/mol. The van der Waals surface area contributed by atoms with Crippen LogP contribution in [0.2, 0.25) is 0 Å². The number of nitrogens with one attached hydrogen (secondary N) is 2. The third-order valence-electron chi connectivity index (χ3n) is 6.82. The highest BCUT2D eigenvalue weighted by molar-refractivity contribution is 7.89. The standard InChI is InChI=1S/C26H31N7O4S/c1-15(2)12-32-24-22(25(34)31(6)26(32)35)23(21-10-18(14-30(21)5)38(36,37)27-4)33(29-24)13-17-11-28-20-8-7-16(3)9-19(17)20/h7-11,14-15,27-28H,12-13H2,1-6H3. The Balaban J connectivity index is 1.86. The van der Waals surface area contributed by atoms with E-state index in [2.05, 4.69) is 15.8 Å². The first-order chi connectivity index (χ1) is 17.9. The number of hydrogen-bond donors (Lipinski definition) is 2. The lowest BCUT2D eigenvalue weighted by Crippen LogP contribution is -2.38. The summed E-state index contributed by atoms with van der Waals surface area (Å²) in [7, 11) is 0.784. The zero-order chi connectivity index (χ0) is 27.5. The number of aryl methyl sites for hydroxylation is 2. The summed E-state index contributed by atoms with van der Waals surface area (Å²) in [4.78, 5) is 30.1. The van der Waals surface area contributed by atoms with Crippen molar-refractivity contribution in [2.24, 2.45) is 20.0 Å². The minimum atomic E-state index is -3.73. The Kier molecular flexibility index (Phi) is 6.19. The van der Waals surface area contributed by atoms with Gasteiger partial charge in [0.25, 0.3) is 5.56 Å². The van der Waals surface area contributed by atoms with Crippen LogP contribution in [0.3, 0.4) is 0 Å². The summed E-state index contributed by atoms with van der Waals surface area (Å²) < 4.78 is 33.5. The van der Waals surface area contributed by atoms with Gasteiger partial charge in [0.15, 0.2) is 5.65 Å². The average molecular weight is 538 g/mol. The van der Waals surface area contributed by atoms with E-state index < -0.39 is 21.3 Å². The van der Waals surface area contributed by atoms with Crippen molar-refractivity contribution in [3.8, 4) is 11.4 Å². The molecule has 4 heterocycles. The Bertz CT molecular complexity index is 1930. The zero-order valence-electron chi connectivity index (χ0n) is 22.2. The van der Waals surface area contributed by atoms with E-state index in [1.165, 1.54) is 30.9 Å². The summed E-state index contributed by atoms with van der Waals surface area (Å²) in [6.45, 7) is 6.67. The van der Waals surface area contributed by atoms with Gasteiger partial charge in [0.1, 0.15) is 16.0 Å². The molecule has 0 spiro atoms. The van der Waals surface area contributed by atoms with Gasteiger partial charge in [0.2, 0.25) is 10.0 Å². The monoisotopic (exact) mass is 537 g/mol. The van der Waals surface area contributed by atoms with Crippen LogP contribution in [0.15, 0.2) is 51.1 Å². The van der Waals surface area contributed by atoms with Gasteiger partial charge in [-0.1, -0.05) is 25.5 Å². The molecule has 0 bridgehead atoms. The van der Waals surface area contributed by atoms with Gasteiger partial charge in [-0.15, -0.1) is 0 Å². The number of rotatable bonds is 7. The number of benzene rings is 1. The summed E-state index contributed by atoms with van der Waals surface area (Å²) in [5.41, 5.74) is 3.30. The summed E-state index contributed by atoms with van der Waals surface area (Å²) >= 11 is 0. The largest absolute Gasteiger partial charge is 0.361 e. The number of hydrogen-bond acceptors (Lipinski definition) is 5. The van der Waals surface area contributed by atoms with Crippen LogP contribution in [0.5, 0.6) is 0 Å². The Labute approximate surface area is 219 Å². The zero-order valence-corrected chi connectivity index (χ0v) is 23.0. The number of H-pyrrole nitrogens is 1. The fourth-order valence-corrected chi connectivity index (χ4v) is 5.68. The van der Waals surface area contributed by atoms with Crippen molar-refractivity contribution < 1.29 is 8.42 Å². The second kappa shape index (κ2) is 9.14. The molecule has 0 radical (unpaired) electrons. The van der Waals surface area contributed by atoms with Gasteiger partial charge in [-0.3, -0.25) is 18.6 Å². The predicted molar refractivity (Wildman–Crippen MR) is 147 cm³/mol. The molecule has 0 fully saturated rings. The third kappa shape index (κ3) is 4.09. The van der Waals surface area contributed by atoms with Crippen molar-refractivity contribution in [3.05, 3.63) is 68.6 Å². The van der Waals surface area contributed by atoms with Crippen LogP contribution in [0, 0.1) is 12.8 Å². The molecule has 0 saturated carbocycles. The average Bonchev–Trinajstić information content (AvgIpc) is 3.56. The highest BCUT2D eigenvalue weighted by Crippen LogP contribution is 2.31. The number of nitrogens with zero attached hydrogens (tertiary/aromatic N) is 5. The van der Waals surface area contributed by atoms with Gasteiger partial charge in [0.05, 0.1) is 12.2 Å². The topological polar surface area (TPSA) is 129 Å². The molecule has 11 nitrogen and oxygen atoms in total. The van der Waals surface area contributed by atoms with Crippen molar-refractivity contribution in [1.82, 2.24) is 33.2 Å². The molecule has 1 aromatic carbocycles. The second-order valence-electron chi connectivity index (χ2n) is 10.1. The van der Waals surface area contributed by atoms with E-state index >= 15 is 0 Å². The molecule has 0 saturated heterocycles. The SMILES string of the molecule is CNS(=O)(=O)c1cc(-c2c3c(=O)n(C)c(=O)n(CC(C)C)c3nn2Cc2c[nH]c3ccc(C)cc23)n(C)c1. The molecule has 0 aliphatic carbocycles. The fraction of sp³-hybridized carbons (Fsp3) is 0.346. The summed E-state index contributed by atoms with van der Waals surface area (Å²) in [6.07, 6.45) is 3.40. The van der Waals surface area contributed by atoms with Crippen LogP contribution < -0.4 is 16.0 Å². The Hall–Kier alpha value is -3.90. The first kappa shape index (κ1) is 25.7. The van der Waals surface area contributed by atoms with Gasteiger partial charge in [-0.25, -0.2) is 17.9 Å². The molecule has 5 aromatic rings. The Morgan fingerprint density at radius 1 is 1.13 bits per heavy atom. The summed E-state index contributed by atoms with van der Waals surface area (Å²) in [5, 5.41) is 6.10. The molecule has 0 aliphatic heterocycles. The lowest BCUT2D eigenvalue weighted by Gasteiger charge is -2.11. The maximum Gasteiger partial charge on any atom is 0.332 e. The van der Waals surface area contributed by atoms with Gasteiger partial charge >= 0.3 is 5.69 Å². The maximum absolute atomic E-state index is 13.6. The van der Waals surface area contributed by atoms with Crippen LogP contribution >= 0.6 is 0 Å².